The van der Waals surface area contributed by atoms with Gasteiger partial charge in [0.15, 0.2) is 0 Å². The number of benzene rings is 2. The van der Waals surface area contributed by atoms with Crippen LogP contribution in [0.5, 0.6) is 5.75 Å². The lowest BCUT2D eigenvalue weighted by molar-refractivity contribution is -0.120. The van der Waals surface area contributed by atoms with Crippen LogP contribution in [0.15, 0.2) is 48.5 Å². The number of carbonyl (C=O) groups is 3. The highest BCUT2D eigenvalue weighted by Crippen LogP contribution is 2.17. The summed E-state index contributed by atoms with van der Waals surface area (Å²) in [4.78, 5) is 35.7. The van der Waals surface area contributed by atoms with Crippen LogP contribution in [0.2, 0.25) is 0 Å². The summed E-state index contributed by atoms with van der Waals surface area (Å²) in [5.74, 6) is 0.00442. The molecule has 0 bridgehead atoms. The molecule has 0 aromatic heterocycles. The van der Waals surface area contributed by atoms with Crippen LogP contribution < -0.4 is 26.0 Å². The number of nitrogens with one attached hydrogen (secondary N) is 4. The Labute approximate surface area is 163 Å². The zero-order valence-electron chi connectivity index (χ0n) is 16.0. The molecule has 28 heavy (non-hydrogen) atoms. The van der Waals surface area contributed by atoms with Crippen LogP contribution in [0.25, 0.3) is 0 Å². The minimum absolute atomic E-state index is 0.251. The van der Waals surface area contributed by atoms with Crippen LogP contribution in [0.4, 0.5) is 16.2 Å². The van der Waals surface area contributed by atoms with Gasteiger partial charge in [0, 0.05) is 23.5 Å². The normalized spacial score (nSPS) is 11.1. The summed E-state index contributed by atoms with van der Waals surface area (Å²) in [5, 5.41) is 10.5. The molecule has 0 spiro atoms. The van der Waals surface area contributed by atoms with Crippen molar-refractivity contribution >= 4 is 29.2 Å². The summed E-state index contributed by atoms with van der Waals surface area (Å²) in [6.07, 6.45) is 0. The molecule has 0 radical (unpaired) electrons. The van der Waals surface area contributed by atoms with Crippen LogP contribution in [-0.2, 0) is 4.79 Å². The average Bonchev–Trinajstić information content (AvgIpc) is 2.69. The molecule has 0 saturated carbocycles. The molecule has 0 aliphatic rings. The van der Waals surface area contributed by atoms with Crippen molar-refractivity contribution in [1.82, 2.24) is 10.6 Å². The number of hydrogen-bond donors (Lipinski definition) is 4. The van der Waals surface area contributed by atoms with Crippen LogP contribution in [0, 0.1) is 0 Å². The minimum atomic E-state index is -0.624. The van der Waals surface area contributed by atoms with Crippen molar-refractivity contribution in [3.05, 3.63) is 54.1 Å². The summed E-state index contributed by atoms with van der Waals surface area (Å²) >= 11 is 0. The fourth-order valence-electron chi connectivity index (χ4n) is 2.34. The Bertz CT molecular complexity index is 819. The zero-order chi connectivity index (χ0) is 20.5. The fraction of sp³-hybridized carbons (Fsp3) is 0.250. The van der Waals surface area contributed by atoms with E-state index in [1.54, 1.807) is 69.5 Å². The van der Waals surface area contributed by atoms with Gasteiger partial charge in [-0.1, -0.05) is 0 Å². The maximum absolute atomic E-state index is 12.3. The number of anilines is 2. The van der Waals surface area contributed by atoms with Gasteiger partial charge in [0.2, 0.25) is 5.91 Å². The first-order valence-electron chi connectivity index (χ1n) is 8.83. The molecule has 8 heteroatoms. The predicted octanol–water partition coefficient (Wildman–Crippen LogP) is 2.59. The standard InChI is InChI=1S/C20H24N4O4/c1-4-21-20(27)24-18(25)13(2)22-15-7-5-14(6-8-15)19(26)23-16-9-11-17(28-3)12-10-16/h5-13,22H,4H2,1-3H3,(H,23,26)(H2,21,24,25,27)/t13-/m0/s1. The molecular formula is C20H24N4O4. The summed E-state index contributed by atoms with van der Waals surface area (Å²) in [6.45, 7) is 3.83. The molecule has 0 aliphatic carbocycles. The van der Waals surface area contributed by atoms with Gasteiger partial charge in [0.25, 0.3) is 5.91 Å². The molecule has 4 amide bonds. The van der Waals surface area contributed by atoms with Crippen molar-refractivity contribution in [2.75, 3.05) is 24.3 Å². The second-order valence-corrected chi connectivity index (χ2v) is 5.97. The van der Waals surface area contributed by atoms with Crippen LogP contribution in [-0.4, -0.2) is 37.5 Å². The molecule has 2 rings (SSSR count). The van der Waals surface area contributed by atoms with E-state index in [2.05, 4.69) is 21.3 Å². The number of urea groups is 1. The molecule has 2 aromatic carbocycles. The Morgan fingerprint density at radius 2 is 1.57 bits per heavy atom. The maximum atomic E-state index is 12.3. The monoisotopic (exact) mass is 384 g/mol. The molecule has 0 aliphatic heterocycles. The number of rotatable bonds is 7. The summed E-state index contributed by atoms with van der Waals surface area (Å²) in [7, 11) is 1.58. The zero-order valence-corrected chi connectivity index (χ0v) is 16.0. The van der Waals surface area contributed by atoms with Crippen LogP contribution >= 0.6 is 0 Å². The summed E-state index contributed by atoms with van der Waals surface area (Å²) in [6, 6.07) is 12.5. The molecule has 0 heterocycles. The Hall–Kier alpha value is -3.55. The molecule has 2 aromatic rings. The van der Waals surface area contributed by atoms with Gasteiger partial charge in [-0.05, 0) is 62.4 Å². The van der Waals surface area contributed by atoms with E-state index in [-0.39, 0.29) is 5.91 Å². The lowest BCUT2D eigenvalue weighted by Crippen LogP contribution is -2.45. The predicted molar refractivity (Wildman–Crippen MR) is 108 cm³/mol. The molecule has 0 unspecified atom stereocenters. The second-order valence-electron chi connectivity index (χ2n) is 5.97. The van der Waals surface area contributed by atoms with Gasteiger partial charge < -0.3 is 20.7 Å². The topological polar surface area (TPSA) is 109 Å². The highest BCUT2D eigenvalue weighted by atomic mass is 16.5. The van der Waals surface area contributed by atoms with E-state index in [9.17, 15) is 14.4 Å². The highest BCUT2D eigenvalue weighted by Gasteiger charge is 2.15. The maximum Gasteiger partial charge on any atom is 0.321 e. The SMILES string of the molecule is CCNC(=O)NC(=O)[C@H](C)Nc1ccc(C(=O)Nc2ccc(OC)cc2)cc1. The smallest absolute Gasteiger partial charge is 0.321 e. The molecule has 8 nitrogen and oxygen atoms in total. The molecule has 148 valence electrons. The van der Waals surface area contributed by atoms with E-state index < -0.39 is 18.0 Å². The molecule has 4 N–H and O–H groups in total. The third kappa shape index (κ3) is 6.01. The quantitative estimate of drug-likeness (QED) is 0.587. The van der Waals surface area contributed by atoms with E-state index in [4.69, 9.17) is 4.74 Å². The molecule has 0 fully saturated rings. The Morgan fingerprint density at radius 1 is 0.964 bits per heavy atom. The third-order valence-corrected chi connectivity index (χ3v) is 3.85. The number of ether oxygens (including phenoxy) is 1. The third-order valence-electron chi connectivity index (χ3n) is 3.85. The van der Waals surface area contributed by atoms with E-state index in [1.807, 2.05) is 0 Å². The van der Waals surface area contributed by atoms with Crippen molar-refractivity contribution in [3.8, 4) is 5.75 Å². The first kappa shape index (κ1) is 20.8. The Kier molecular flexibility index (Phi) is 7.38. The van der Waals surface area contributed by atoms with E-state index in [0.29, 0.717) is 29.2 Å². The van der Waals surface area contributed by atoms with Gasteiger partial charge in [-0.3, -0.25) is 14.9 Å². The van der Waals surface area contributed by atoms with Gasteiger partial charge >= 0.3 is 6.03 Å². The number of amides is 4. The molecular weight excluding hydrogens is 360 g/mol. The Morgan fingerprint density at radius 3 is 2.14 bits per heavy atom. The van der Waals surface area contributed by atoms with Gasteiger partial charge in [-0.25, -0.2) is 4.79 Å². The number of methoxy groups -OCH3 is 1. The first-order chi connectivity index (χ1) is 13.4. The van der Waals surface area contributed by atoms with Gasteiger partial charge in [-0.15, -0.1) is 0 Å². The number of imide groups is 1. The van der Waals surface area contributed by atoms with E-state index >= 15 is 0 Å². The largest absolute Gasteiger partial charge is 0.497 e. The van der Waals surface area contributed by atoms with Crippen molar-refractivity contribution in [3.63, 3.8) is 0 Å². The minimum Gasteiger partial charge on any atom is -0.497 e. The fourth-order valence-corrected chi connectivity index (χ4v) is 2.34. The molecule has 0 saturated heterocycles. The van der Waals surface area contributed by atoms with Crippen LogP contribution in [0.3, 0.4) is 0 Å². The van der Waals surface area contributed by atoms with Gasteiger partial charge in [0.05, 0.1) is 7.11 Å². The van der Waals surface area contributed by atoms with Crippen molar-refractivity contribution in [2.45, 2.75) is 19.9 Å². The number of carbonyl (C=O) groups excluding carboxylic acids is 3. The van der Waals surface area contributed by atoms with E-state index in [1.165, 1.54) is 0 Å². The van der Waals surface area contributed by atoms with Crippen LogP contribution in [0.1, 0.15) is 24.2 Å². The number of hydrogen-bond acceptors (Lipinski definition) is 5. The Balaban J connectivity index is 1.91. The lowest BCUT2D eigenvalue weighted by atomic mass is 10.1. The van der Waals surface area contributed by atoms with Crippen molar-refractivity contribution in [2.24, 2.45) is 0 Å². The van der Waals surface area contributed by atoms with Gasteiger partial charge in [0.1, 0.15) is 11.8 Å². The first-order valence-corrected chi connectivity index (χ1v) is 8.83. The lowest BCUT2D eigenvalue weighted by Gasteiger charge is -2.15. The molecule has 1 atom stereocenters. The average molecular weight is 384 g/mol. The second kappa shape index (κ2) is 9.96. The van der Waals surface area contributed by atoms with Crippen molar-refractivity contribution in [1.29, 1.82) is 0 Å². The summed E-state index contributed by atoms with van der Waals surface area (Å²) in [5.41, 5.74) is 1.78. The van der Waals surface area contributed by atoms with Crippen molar-refractivity contribution < 1.29 is 19.1 Å². The van der Waals surface area contributed by atoms with Gasteiger partial charge in [-0.2, -0.15) is 0 Å². The van der Waals surface area contributed by atoms with E-state index in [0.717, 1.165) is 0 Å². The summed E-state index contributed by atoms with van der Waals surface area (Å²) < 4.78 is 5.08. The highest BCUT2D eigenvalue weighted by molar-refractivity contribution is 6.04.